The van der Waals surface area contributed by atoms with Gasteiger partial charge >= 0.3 is 0 Å². The van der Waals surface area contributed by atoms with Crippen molar-refractivity contribution in [3.63, 3.8) is 0 Å². The van der Waals surface area contributed by atoms with E-state index in [0.29, 0.717) is 13.0 Å². The molecule has 134 valence electrons. The molecule has 7 nitrogen and oxygen atoms in total. The molecule has 1 aromatic carbocycles. The van der Waals surface area contributed by atoms with E-state index in [0.717, 1.165) is 41.6 Å². The zero-order chi connectivity index (χ0) is 18.1. The van der Waals surface area contributed by atoms with Crippen molar-refractivity contribution in [3.8, 4) is 5.69 Å². The first-order valence-corrected chi connectivity index (χ1v) is 8.88. The lowest BCUT2D eigenvalue weighted by molar-refractivity contribution is -0.125. The summed E-state index contributed by atoms with van der Waals surface area (Å²) in [6.07, 6.45) is 4.06. The van der Waals surface area contributed by atoms with Gasteiger partial charge < -0.3 is 10.3 Å². The Morgan fingerprint density at radius 1 is 1.31 bits per heavy atom. The van der Waals surface area contributed by atoms with Crippen LogP contribution in [0.5, 0.6) is 0 Å². The number of carbonyl (C=O) groups is 1. The molecule has 4 rings (SSSR count). The number of aromatic amines is 1. The summed E-state index contributed by atoms with van der Waals surface area (Å²) in [6.45, 7) is 4.36. The van der Waals surface area contributed by atoms with Crippen molar-refractivity contribution in [1.82, 2.24) is 30.0 Å². The number of H-pyrrole nitrogens is 1. The molecule has 2 N–H and O–H groups in total. The maximum atomic E-state index is 12.6. The number of rotatable bonds is 4. The van der Waals surface area contributed by atoms with Crippen LogP contribution < -0.4 is 5.32 Å². The van der Waals surface area contributed by atoms with Gasteiger partial charge in [0.1, 0.15) is 12.2 Å². The van der Waals surface area contributed by atoms with E-state index in [1.54, 1.807) is 6.33 Å². The van der Waals surface area contributed by atoms with Gasteiger partial charge in [-0.3, -0.25) is 9.36 Å². The molecular weight excluding hydrogens is 328 g/mol. The highest BCUT2D eigenvalue weighted by atomic mass is 16.1. The van der Waals surface area contributed by atoms with Crippen LogP contribution in [0.25, 0.3) is 5.69 Å². The van der Waals surface area contributed by atoms with Crippen molar-refractivity contribution >= 4 is 5.91 Å². The van der Waals surface area contributed by atoms with Gasteiger partial charge in [0.2, 0.25) is 5.91 Å². The van der Waals surface area contributed by atoms with E-state index in [9.17, 15) is 4.79 Å². The highest BCUT2D eigenvalue weighted by Crippen LogP contribution is 2.24. The normalized spacial score (nSPS) is 16.3. The Morgan fingerprint density at radius 3 is 2.92 bits per heavy atom. The molecule has 0 saturated heterocycles. The Morgan fingerprint density at radius 2 is 2.12 bits per heavy atom. The zero-order valence-electron chi connectivity index (χ0n) is 15.0. The van der Waals surface area contributed by atoms with Crippen LogP contribution in [0.3, 0.4) is 0 Å². The average Bonchev–Trinajstić information content (AvgIpc) is 3.25. The van der Waals surface area contributed by atoms with Crippen LogP contribution >= 0.6 is 0 Å². The predicted octanol–water partition coefficient (Wildman–Crippen LogP) is 2.03. The smallest absolute Gasteiger partial charge is 0.223 e. The minimum atomic E-state index is -0.0295. The monoisotopic (exact) mass is 350 g/mol. The number of benzene rings is 1. The molecular formula is C19H22N6O. The zero-order valence-corrected chi connectivity index (χ0v) is 15.0. The van der Waals surface area contributed by atoms with E-state index in [-0.39, 0.29) is 11.8 Å². The number of aromatic nitrogens is 5. The molecule has 3 aromatic rings. The summed E-state index contributed by atoms with van der Waals surface area (Å²) in [5.74, 6) is 1.66. The largest absolute Gasteiger partial charge is 0.349 e. The van der Waals surface area contributed by atoms with Gasteiger partial charge in [0.05, 0.1) is 12.2 Å². The van der Waals surface area contributed by atoms with Crippen LogP contribution in [-0.4, -0.2) is 30.6 Å². The second-order valence-corrected chi connectivity index (χ2v) is 6.86. The van der Waals surface area contributed by atoms with Gasteiger partial charge in [-0.1, -0.05) is 17.7 Å². The molecule has 0 bridgehead atoms. The average molecular weight is 350 g/mol. The molecule has 1 aliphatic carbocycles. The fourth-order valence-electron chi connectivity index (χ4n) is 3.46. The van der Waals surface area contributed by atoms with Crippen molar-refractivity contribution < 1.29 is 4.79 Å². The molecule has 0 spiro atoms. The summed E-state index contributed by atoms with van der Waals surface area (Å²) in [6, 6.07) is 8.13. The Balaban J connectivity index is 1.41. The first kappa shape index (κ1) is 16.5. The van der Waals surface area contributed by atoms with Crippen LogP contribution in [0.1, 0.15) is 35.0 Å². The number of nitrogens with zero attached hydrogens (tertiary/aromatic N) is 4. The predicted molar refractivity (Wildman–Crippen MR) is 96.8 cm³/mol. The van der Waals surface area contributed by atoms with Crippen molar-refractivity contribution in [3.05, 3.63) is 59.2 Å². The van der Waals surface area contributed by atoms with Crippen molar-refractivity contribution in [1.29, 1.82) is 0 Å². The van der Waals surface area contributed by atoms with Crippen LogP contribution in [0.15, 0.2) is 30.6 Å². The number of hydrogen-bond acceptors (Lipinski definition) is 4. The highest BCUT2D eigenvalue weighted by molar-refractivity contribution is 5.79. The van der Waals surface area contributed by atoms with Crippen LogP contribution in [-0.2, 0) is 24.2 Å². The molecule has 1 unspecified atom stereocenters. The van der Waals surface area contributed by atoms with Gasteiger partial charge in [-0.2, -0.15) is 0 Å². The summed E-state index contributed by atoms with van der Waals surface area (Å²) < 4.78 is 1.90. The molecule has 7 heteroatoms. The Kier molecular flexibility index (Phi) is 4.28. The molecule has 1 amide bonds. The van der Waals surface area contributed by atoms with Gasteiger partial charge in [0, 0.05) is 23.7 Å². The van der Waals surface area contributed by atoms with E-state index >= 15 is 0 Å². The summed E-state index contributed by atoms with van der Waals surface area (Å²) >= 11 is 0. The summed E-state index contributed by atoms with van der Waals surface area (Å²) in [5, 5.41) is 11.2. The lowest BCUT2D eigenvalue weighted by Gasteiger charge is -2.20. The maximum absolute atomic E-state index is 12.6. The topological polar surface area (TPSA) is 88.5 Å². The van der Waals surface area contributed by atoms with Crippen molar-refractivity contribution in [2.75, 3.05) is 0 Å². The summed E-state index contributed by atoms with van der Waals surface area (Å²) in [5.41, 5.74) is 4.38. The minimum Gasteiger partial charge on any atom is -0.349 e. The van der Waals surface area contributed by atoms with Crippen LogP contribution in [0.4, 0.5) is 0 Å². The van der Waals surface area contributed by atoms with Crippen LogP contribution in [0, 0.1) is 19.8 Å². The number of fused-ring (bicyclic) bond motifs is 1. The molecule has 0 fully saturated rings. The third-order valence-corrected chi connectivity index (χ3v) is 4.88. The molecule has 26 heavy (non-hydrogen) atoms. The fourth-order valence-corrected chi connectivity index (χ4v) is 3.46. The van der Waals surface area contributed by atoms with E-state index < -0.39 is 0 Å². The van der Waals surface area contributed by atoms with Gasteiger partial charge in [0.25, 0.3) is 0 Å². The molecule has 2 heterocycles. The number of hydrogen-bond donors (Lipinski definition) is 2. The molecule has 1 aliphatic rings. The number of imidazole rings is 1. The summed E-state index contributed by atoms with van der Waals surface area (Å²) in [4.78, 5) is 20.3. The van der Waals surface area contributed by atoms with Gasteiger partial charge in [-0.15, -0.1) is 10.2 Å². The number of nitrogens with one attached hydrogen (secondary N) is 2. The summed E-state index contributed by atoms with van der Waals surface area (Å²) in [7, 11) is 0. The lowest BCUT2D eigenvalue weighted by atomic mass is 9.89. The second kappa shape index (κ2) is 6.74. The second-order valence-electron chi connectivity index (χ2n) is 6.86. The number of aryl methyl sites for hydroxylation is 3. The highest BCUT2D eigenvalue weighted by Gasteiger charge is 2.26. The van der Waals surface area contributed by atoms with Crippen LogP contribution in [0.2, 0.25) is 0 Å². The third kappa shape index (κ3) is 3.24. The van der Waals surface area contributed by atoms with E-state index in [2.05, 4.69) is 25.5 Å². The molecule has 0 radical (unpaired) electrons. The first-order valence-electron chi connectivity index (χ1n) is 8.88. The third-order valence-electron chi connectivity index (χ3n) is 4.88. The van der Waals surface area contributed by atoms with E-state index in [4.69, 9.17) is 0 Å². The fraction of sp³-hybridized carbons (Fsp3) is 0.368. The number of amides is 1. The van der Waals surface area contributed by atoms with Crippen molar-refractivity contribution in [2.45, 2.75) is 39.7 Å². The van der Waals surface area contributed by atoms with Gasteiger partial charge in [-0.05, 0) is 38.8 Å². The Labute approximate surface area is 151 Å². The van der Waals surface area contributed by atoms with Gasteiger partial charge in [0.15, 0.2) is 5.82 Å². The van der Waals surface area contributed by atoms with Crippen molar-refractivity contribution in [2.24, 2.45) is 5.92 Å². The molecule has 0 saturated carbocycles. The lowest BCUT2D eigenvalue weighted by Crippen LogP contribution is -2.34. The maximum Gasteiger partial charge on any atom is 0.223 e. The molecule has 1 atom stereocenters. The quantitative estimate of drug-likeness (QED) is 0.753. The molecule has 0 aliphatic heterocycles. The first-order chi connectivity index (χ1) is 12.6. The van der Waals surface area contributed by atoms with E-state index in [1.807, 2.05) is 42.7 Å². The molecule has 2 aromatic heterocycles. The standard InChI is InChI=1S/C19H22N6O/c1-12-3-6-15(7-4-12)25-11-21-24-18(25)10-20-19(26)14-5-8-16-17(9-14)23-13(2)22-16/h3-4,6-7,11,14H,5,8-10H2,1-2H3,(H,20,26)(H,22,23). The SMILES string of the molecule is Cc1ccc(-n2cnnc2CNC(=O)C2CCc3nc(C)[nH]c3C2)cc1. The number of carbonyl (C=O) groups excluding carboxylic acids is 1. The van der Waals surface area contributed by atoms with E-state index in [1.165, 1.54) is 5.56 Å². The van der Waals surface area contributed by atoms with Gasteiger partial charge in [-0.25, -0.2) is 4.98 Å². The Hall–Kier alpha value is -2.96. The Bertz CT molecular complexity index is 924. The minimum absolute atomic E-state index is 0.0295.